The number of hydrazine groups is 2. The Balaban J connectivity index is -0.000000133. The van der Waals surface area contributed by atoms with Crippen LogP contribution in [0.5, 0.6) is 0 Å². The summed E-state index contributed by atoms with van der Waals surface area (Å²) in [5.74, 6) is 6.59. The Hall–Kier alpha value is 0.187. The summed E-state index contributed by atoms with van der Waals surface area (Å²) in [5.41, 5.74) is 7.51. The Labute approximate surface area is 854 Å². The second-order valence-electron chi connectivity index (χ2n) is 33.5. The molecule has 3 heterocycles. The topological polar surface area (TPSA) is 124 Å². The van der Waals surface area contributed by atoms with Crippen LogP contribution >= 0.6 is 48.3 Å². The van der Waals surface area contributed by atoms with E-state index in [2.05, 4.69) is 103 Å². The van der Waals surface area contributed by atoms with Gasteiger partial charge in [-0.1, -0.05) is 361 Å². The summed E-state index contributed by atoms with van der Waals surface area (Å²) < 4.78 is 0. The summed E-state index contributed by atoms with van der Waals surface area (Å²) in [4.78, 5) is 45.9. The van der Waals surface area contributed by atoms with Gasteiger partial charge in [-0.25, -0.2) is 20.9 Å². The van der Waals surface area contributed by atoms with Crippen LogP contribution in [-0.2, 0) is 122 Å². The number of amides is 2. The van der Waals surface area contributed by atoms with Gasteiger partial charge in [0.05, 0.1) is 11.6 Å². The zero-order valence-electron chi connectivity index (χ0n) is 80.9. The number of nitrogens with zero attached hydrogens (tertiary/aromatic N) is 4. The average Bonchev–Trinajstić information content (AvgIpc) is 1.57. The molecule has 21 heteroatoms. The fraction of sp³-hybridized carbons (Fsp3) is 0.654. The van der Waals surface area contributed by atoms with E-state index in [0.29, 0.717) is 36.2 Å². The fourth-order valence-electron chi connectivity index (χ4n) is 19.0. The Morgan fingerprint density at radius 3 is 0.720 bits per heavy atom. The first-order valence-corrected chi connectivity index (χ1v) is 49.0. The molecule has 125 heavy (non-hydrogen) atoms. The van der Waals surface area contributed by atoms with Gasteiger partial charge in [0.15, 0.2) is 0 Å². The Bertz CT molecular complexity index is 2650. The van der Waals surface area contributed by atoms with Gasteiger partial charge in [-0.3, -0.25) is 19.2 Å². The van der Waals surface area contributed by atoms with Gasteiger partial charge in [0, 0.05) is 49.7 Å². The van der Waals surface area contributed by atoms with Crippen LogP contribution in [0.15, 0.2) is 101 Å². The fourth-order valence-corrected chi connectivity index (χ4v) is 26.7. The Kier molecular flexibility index (Phi) is 110. The third-order valence-electron chi connectivity index (χ3n) is 25.0. The maximum atomic E-state index is 13.1. The summed E-state index contributed by atoms with van der Waals surface area (Å²) in [5, 5.41) is 15.5. The maximum Gasteiger partial charge on any atom is 2.00 e. The molecule has 0 bridgehead atoms. The van der Waals surface area contributed by atoms with Crippen LogP contribution in [0.25, 0.3) is 0 Å². The molecule has 0 spiro atoms. The smallest absolute Gasteiger partial charge is 0.358 e. The maximum absolute atomic E-state index is 13.1. The number of rotatable bonds is 12. The van der Waals surface area contributed by atoms with E-state index >= 15 is 0 Å². The SMILES string of the molecule is C(=N\N=C\C1CCCC1)/C1CCCC1.C1CCCC1.C1CCCC1.C1CCCC1.C1CCCC1.C1CCCC1.C1CCCC1.O=C(Cl)CCC(=O)Cl.O=C1CCC(=O)N2[C@H](C3CCCC3)P(c3ccccc3)[C@H](C3CCCC3)N12.Pc1ccccc1.[CH3-].[CH3-].[CH3-].[CH3-].[CH3-].[CH3-].[CH3-].[CH3-].[CH3-].[CH3-].[CH3-].[CH3-].[Fe+2].[Fe+2].[Fe+2].[Fe+2].[Fe+2].[Fe+2].c1ccc(P2[C@@H](C3CCCC3)NN[C@@H]2C2CCCC2)cc1. The minimum Gasteiger partial charge on any atom is -0.358 e. The molecule has 0 aromatic heterocycles. The number of nitrogens with one attached hydrogen (secondary N) is 2. The van der Waals surface area contributed by atoms with Crippen molar-refractivity contribution in [3.63, 3.8) is 0 Å². The molecular formula is C104H183Cl2Fe6N6O4P3. The van der Waals surface area contributed by atoms with Crippen LogP contribution in [0.3, 0.4) is 0 Å². The van der Waals surface area contributed by atoms with Crippen molar-refractivity contribution in [2.24, 2.45) is 45.7 Å². The first kappa shape index (κ1) is 148. The predicted octanol–water partition coefficient (Wildman–Crippen LogP) is 31.1. The minimum atomic E-state index is -0.582. The van der Waals surface area contributed by atoms with Gasteiger partial charge < -0.3 is 89.1 Å². The first-order valence-electron chi connectivity index (χ1n) is 44.7. The molecule has 3 aromatic carbocycles. The number of carbonyl (C=O) groups excluding carboxylic acids is 4. The molecule has 10 nitrogen and oxygen atoms in total. The quantitative estimate of drug-likeness (QED) is 0.0465. The summed E-state index contributed by atoms with van der Waals surface area (Å²) in [6, 6.07) is 32.4. The molecule has 3 aromatic rings. The van der Waals surface area contributed by atoms with Crippen molar-refractivity contribution >= 4 is 98.9 Å². The minimum absolute atomic E-state index is 0. The van der Waals surface area contributed by atoms with Crippen LogP contribution in [0.2, 0.25) is 0 Å². The average molecular weight is 2080 g/mol. The van der Waals surface area contributed by atoms with E-state index in [-0.39, 0.29) is 236 Å². The summed E-state index contributed by atoms with van der Waals surface area (Å²) >= 11 is 9.74. The van der Waals surface area contributed by atoms with Gasteiger partial charge in [0.1, 0.15) is 0 Å². The van der Waals surface area contributed by atoms with E-state index in [1.54, 1.807) is 5.30 Å². The number of benzene rings is 3. The summed E-state index contributed by atoms with van der Waals surface area (Å²) in [7, 11) is 1.94. The number of hydrogen-bond donors (Lipinski definition) is 2. The van der Waals surface area contributed by atoms with Crippen molar-refractivity contribution < 1.29 is 122 Å². The molecule has 3 saturated heterocycles. The van der Waals surface area contributed by atoms with Gasteiger partial charge >= 0.3 is 102 Å². The molecule has 15 aliphatic rings. The molecular weight excluding hydrogens is 1900 g/mol. The van der Waals surface area contributed by atoms with Crippen LogP contribution < -0.4 is 26.8 Å². The number of hydrogen-bond acceptors (Lipinski definition) is 8. The standard InChI is InChI=1S/C22H29N2O2P.C18H27N2P.C12H20N2.C6H7P.6C5H10.C4H4Cl2O2.12CH3.6Fe/c25-19-14-15-20(26)24-22(17-10-6-7-11-17)27(18-12-2-1-3-13-18)21(23(19)24)16-8-4-5-9-16;1-2-12-16(13-3-1)21-17(14-8-4-5-9-14)19-20-18(21)15-10-6-7-11-15;1-2-6-11(5-1)9-13-14-10-12-7-3-4-8-12;7-6-4-2-1-3-5-6;6*1-2-4-5-3-1;5-3(7)1-2-4(6)8;;;;;;;;;;;;;;;;;;/h1-3,12-13,16-17,21-22H,4-11,14-15H2;1-3,12-15,17-20H,4-11H2;9-12H,1-8H2;1-5H,7H2;6*1-5H2;1-2H2;12*1H3;;;;;;/q;;;;;;;;;;;12*-1;6*+2/b;;13-9+,14-10+;;;;;;;;;;;;;;;;;;;;;;;;;;/t21-,22+,27?;17-,18-;;;;;;;;;;;;;;;;;;;;;;;;;;;/m.0.........................../s1. The van der Waals surface area contributed by atoms with E-state index in [0.717, 1.165) is 23.7 Å². The zero-order chi connectivity index (χ0) is 75.0. The second kappa shape index (κ2) is 93.2. The van der Waals surface area contributed by atoms with Crippen molar-refractivity contribution in [3.05, 3.63) is 180 Å². The van der Waals surface area contributed by atoms with Gasteiger partial charge in [-0.05, 0) is 168 Å². The molecule has 15 fully saturated rings. The van der Waals surface area contributed by atoms with E-state index < -0.39 is 18.4 Å². The molecule has 0 radical (unpaired) electrons. The predicted molar refractivity (Wildman–Crippen MR) is 541 cm³/mol. The Morgan fingerprint density at radius 1 is 0.312 bits per heavy atom. The Morgan fingerprint density at radius 2 is 0.512 bits per heavy atom. The van der Waals surface area contributed by atoms with Crippen molar-refractivity contribution in [2.45, 2.75) is 396 Å². The van der Waals surface area contributed by atoms with Crippen LogP contribution in [0.1, 0.15) is 372 Å². The van der Waals surface area contributed by atoms with E-state index in [4.69, 9.17) is 23.2 Å². The molecule has 730 valence electrons. The summed E-state index contributed by atoms with van der Waals surface area (Å²) in [6.45, 7) is 0. The third-order valence-corrected chi connectivity index (χ3v) is 32.3. The molecule has 6 atom stereocenters. The normalized spacial score (nSPS) is 22.2. The summed E-state index contributed by atoms with van der Waals surface area (Å²) in [6.07, 6.45) is 82.2. The van der Waals surface area contributed by atoms with Crippen LogP contribution in [-0.4, -0.2) is 67.9 Å². The third kappa shape index (κ3) is 58.4. The number of fused-ring (bicyclic) bond motifs is 1. The molecule has 18 rings (SSSR count). The molecule has 3 aliphatic heterocycles. The largest absolute Gasteiger partial charge is 2.00 e. The van der Waals surface area contributed by atoms with Gasteiger partial charge in [-0.2, -0.15) is 10.2 Å². The molecule has 2 amide bonds. The zero-order valence-corrected chi connectivity index (χ0v) is 92.0. The second-order valence-corrected chi connectivity index (χ2v) is 39.8. The first-order chi connectivity index (χ1) is 52.7. The van der Waals surface area contributed by atoms with E-state index in [1.165, 1.54) is 357 Å². The van der Waals surface area contributed by atoms with Gasteiger partial charge in [-0.15, -0.1) is 9.24 Å². The molecule has 12 saturated carbocycles. The van der Waals surface area contributed by atoms with Crippen molar-refractivity contribution in [1.29, 1.82) is 0 Å². The van der Waals surface area contributed by atoms with E-state index in [9.17, 15) is 19.2 Å². The van der Waals surface area contributed by atoms with Crippen LogP contribution in [0, 0.1) is 125 Å². The number of carbonyl (C=O) groups is 4. The monoisotopic (exact) mass is 2080 g/mol. The van der Waals surface area contributed by atoms with Gasteiger partial charge in [0.25, 0.3) is 0 Å². The van der Waals surface area contributed by atoms with E-state index in [1.807, 2.05) is 40.3 Å². The number of halogens is 2. The van der Waals surface area contributed by atoms with Crippen molar-refractivity contribution in [2.75, 3.05) is 0 Å². The molecule has 2 unspecified atom stereocenters. The molecule has 12 aliphatic carbocycles. The molecule has 2 N–H and O–H groups in total. The van der Waals surface area contributed by atoms with Crippen LogP contribution in [0.4, 0.5) is 0 Å². The van der Waals surface area contributed by atoms with Crippen molar-refractivity contribution in [3.8, 4) is 0 Å². The van der Waals surface area contributed by atoms with Gasteiger partial charge in [0.2, 0.25) is 22.3 Å². The van der Waals surface area contributed by atoms with Crippen molar-refractivity contribution in [1.82, 2.24) is 20.9 Å².